The first-order valence-electron chi connectivity index (χ1n) is 9.39. The molecule has 3 N–H and O–H groups in total. The van der Waals surface area contributed by atoms with E-state index >= 15 is 0 Å². The van der Waals surface area contributed by atoms with Gasteiger partial charge >= 0.3 is 0 Å². The zero-order valence-corrected chi connectivity index (χ0v) is 19.8. The van der Waals surface area contributed by atoms with Crippen LogP contribution in [0.1, 0.15) is 22.5 Å². The summed E-state index contributed by atoms with van der Waals surface area (Å²) in [7, 11) is 3.24. The molecule has 0 radical (unpaired) electrons. The SMILES string of the molecule is COc1ccc(CNC(N)=NCc2cccc(Cn3ccnc3C)c2)cc1OC.I. The molecule has 30 heavy (non-hydrogen) atoms. The molecular formula is C22H28IN5O2. The van der Waals surface area contributed by atoms with Gasteiger partial charge in [-0.2, -0.15) is 0 Å². The molecule has 0 atom stereocenters. The van der Waals surface area contributed by atoms with E-state index in [1.54, 1.807) is 14.2 Å². The average molecular weight is 521 g/mol. The number of aryl methyl sites for hydroxylation is 1. The number of nitrogens with two attached hydrogens (primary N) is 1. The van der Waals surface area contributed by atoms with Crippen LogP contribution in [0, 0.1) is 6.92 Å². The Kier molecular flexibility index (Phi) is 8.97. The third-order valence-corrected chi connectivity index (χ3v) is 4.62. The van der Waals surface area contributed by atoms with Crippen molar-refractivity contribution >= 4 is 29.9 Å². The van der Waals surface area contributed by atoms with E-state index in [1.165, 1.54) is 5.56 Å². The number of guanidine groups is 1. The summed E-state index contributed by atoms with van der Waals surface area (Å²) in [6, 6.07) is 14.1. The normalized spacial score (nSPS) is 11.0. The first-order chi connectivity index (χ1) is 14.1. The molecule has 0 amide bonds. The van der Waals surface area contributed by atoms with Crippen LogP contribution >= 0.6 is 24.0 Å². The van der Waals surface area contributed by atoms with Gasteiger partial charge in [0, 0.05) is 25.5 Å². The highest BCUT2D eigenvalue weighted by Gasteiger charge is 2.05. The molecular weight excluding hydrogens is 493 g/mol. The summed E-state index contributed by atoms with van der Waals surface area (Å²) in [6.45, 7) is 3.85. The summed E-state index contributed by atoms with van der Waals surface area (Å²) in [5.74, 6) is 2.78. The van der Waals surface area contributed by atoms with Crippen LogP contribution in [-0.2, 0) is 19.6 Å². The zero-order valence-electron chi connectivity index (χ0n) is 17.5. The van der Waals surface area contributed by atoms with Crippen molar-refractivity contribution in [3.63, 3.8) is 0 Å². The molecule has 8 heteroatoms. The summed E-state index contributed by atoms with van der Waals surface area (Å²) in [4.78, 5) is 8.71. The minimum Gasteiger partial charge on any atom is -0.493 e. The van der Waals surface area contributed by atoms with Gasteiger partial charge in [-0.05, 0) is 35.7 Å². The molecule has 2 aromatic carbocycles. The number of aromatic nitrogens is 2. The number of benzene rings is 2. The quantitative estimate of drug-likeness (QED) is 0.269. The molecule has 0 unspecified atom stereocenters. The van der Waals surface area contributed by atoms with Gasteiger partial charge in [-0.15, -0.1) is 24.0 Å². The number of rotatable bonds is 8. The molecule has 0 saturated heterocycles. The molecule has 0 aliphatic carbocycles. The van der Waals surface area contributed by atoms with Gasteiger partial charge in [-0.3, -0.25) is 0 Å². The van der Waals surface area contributed by atoms with Crippen LogP contribution in [0.3, 0.4) is 0 Å². The maximum Gasteiger partial charge on any atom is 0.189 e. The second kappa shape index (κ2) is 11.4. The Labute approximate surface area is 194 Å². The Morgan fingerprint density at radius 2 is 1.83 bits per heavy atom. The second-order valence-corrected chi connectivity index (χ2v) is 6.67. The molecule has 1 heterocycles. The predicted molar refractivity (Wildman–Crippen MR) is 130 cm³/mol. The molecule has 0 spiro atoms. The smallest absolute Gasteiger partial charge is 0.189 e. The summed E-state index contributed by atoms with van der Waals surface area (Å²) in [5, 5.41) is 3.14. The Bertz CT molecular complexity index is 987. The number of nitrogens with one attached hydrogen (secondary N) is 1. The number of hydrogen-bond donors (Lipinski definition) is 2. The van der Waals surface area contributed by atoms with E-state index in [4.69, 9.17) is 15.2 Å². The molecule has 160 valence electrons. The van der Waals surface area contributed by atoms with Crippen LogP contribution in [0.2, 0.25) is 0 Å². The van der Waals surface area contributed by atoms with Gasteiger partial charge in [0.25, 0.3) is 0 Å². The fourth-order valence-electron chi connectivity index (χ4n) is 3.01. The lowest BCUT2D eigenvalue weighted by Gasteiger charge is -2.11. The molecule has 0 aliphatic rings. The second-order valence-electron chi connectivity index (χ2n) is 6.67. The molecule has 0 bridgehead atoms. The van der Waals surface area contributed by atoms with E-state index in [0.29, 0.717) is 30.5 Å². The molecule has 3 rings (SSSR count). The number of ether oxygens (including phenoxy) is 2. The van der Waals surface area contributed by atoms with Crippen molar-refractivity contribution < 1.29 is 9.47 Å². The van der Waals surface area contributed by atoms with Gasteiger partial charge in [0.1, 0.15) is 5.82 Å². The fraction of sp³-hybridized carbons (Fsp3) is 0.273. The Balaban J connectivity index is 0.00000320. The lowest BCUT2D eigenvalue weighted by Crippen LogP contribution is -2.31. The Morgan fingerprint density at radius 3 is 2.53 bits per heavy atom. The van der Waals surface area contributed by atoms with Crippen LogP contribution < -0.4 is 20.5 Å². The van der Waals surface area contributed by atoms with Crippen LogP contribution in [-0.4, -0.2) is 29.7 Å². The van der Waals surface area contributed by atoms with Gasteiger partial charge in [0.2, 0.25) is 0 Å². The van der Waals surface area contributed by atoms with E-state index in [2.05, 4.69) is 38.1 Å². The first-order valence-corrected chi connectivity index (χ1v) is 9.39. The maximum absolute atomic E-state index is 6.03. The number of imidazole rings is 1. The monoisotopic (exact) mass is 521 g/mol. The van der Waals surface area contributed by atoms with Crippen molar-refractivity contribution in [2.75, 3.05) is 14.2 Å². The standard InChI is InChI=1S/C22H27N5O2.HI/c1-16-24-9-10-27(16)15-19-6-4-5-17(11-19)13-25-22(23)26-14-18-7-8-20(28-2)21(12-18)29-3;/h4-12H,13-15H2,1-3H3,(H3,23,25,26);1H. The van der Waals surface area contributed by atoms with Crippen molar-refractivity contribution in [2.24, 2.45) is 10.7 Å². The van der Waals surface area contributed by atoms with Crippen LogP contribution in [0.5, 0.6) is 11.5 Å². The molecule has 7 nitrogen and oxygen atoms in total. The minimum absolute atomic E-state index is 0. The Morgan fingerprint density at radius 1 is 1.07 bits per heavy atom. The summed E-state index contributed by atoms with van der Waals surface area (Å²) >= 11 is 0. The molecule has 0 saturated carbocycles. The van der Waals surface area contributed by atoms with Gasteiger partial charge in [0.15, 0.2) is 17.5 Å². The lowest BCUT2D eigenvalue weighted by atomic mass is 10.1. The first kappa shape index (κ1) is 23.5. The third kappa shape index (κ3) is 6.38. The topological polar surface area (TPSA) is 86.7 Å². The maximum atomic E-state index is 6.03. The summed E-state index contributed by atoms with van der Waals surface area (Å²) in [6.07, 6.45) is 3.80. The van der Waals surface area contributed by atoms with Crippen molar-refractivity contribution in [1.29, 1.82) is 0 Å². The van der Waals surface area contributed by atoms with Gasteiger partial charge in [0.05, 0.1) is 20.8 Å². The van der Waals surface area contributed by atoms with Crippen molar-refractivity contribution in [2.45, 2.75) is 26.6 Å². The van der Waals surface area contributed by atoms with Crippen molar-refractivity contribution in [1.82, 2.24) is 14.9 Å². The molecule has 1 aromatic heterocycles. The average Bonchev–Trinajstić information content (AvgIpc) is 3.15. The highest BCUT2D eigenvalue weighted by Crippen LogP contribution is 2.27. The fourth-order valence-corrected chi connectivity index (χ4v) is 3.01. The molecule has 0 aliphatic heterocycles. The van der Waals surface area contributed by atoms with E-state index in [1.807, 2.05) is 43.6 Å². The highest BCUT2D eigenvalue weighted by molar-refractivity contribution is 14.0. The molecule has 0 fully saturated rings. The van der Waals surface area contributed by atoms with Gasteiger partial charge in [-0.1, -0.05) is 30.3 Å². The van der Waals surface area contributed by atoms with E-state index < -0.39 is 0 Å². The molecule has 3 aromatic rings. The number of halogens is 1. The zero-order chi connectivity index (χ0) is 20.6. The van der Waals surface area contributed by atoms with Crippen molar-refractivity contribution in [3.05, 3.63) is 77.4 Å². The van der Waals surface area contributed by atoms with Crippen molar-refractivity contribution in [3.8, 4) is 11.5 Å². The van der Waals surface area contributed by atoms with Crippen LogP contribution in [0.25, 0.3) is 0 Å². The predicted octanol–water partition coefficient (Wildman–Crippen LogP) is 3.48. The van der Waals surface area contributed by atoms with E-state index in [9.17, 15) is 0 Å². The lowest BCUT2D eigenvalue weighted by molar-refractivity contribution is 0.354. The van der Waals surface area contributed by atoms with Gasteiger partial charge in [-0.25, -0.2) is 9.98 Å². The van der Waals surface area contributed by atoms with Gasteiger partial charge < -0.3 is 25.1 Å². The van der Waals surface area contributed by atoms with Crippen LogP contribution in [0.4, 0.5) is 0 Å². The minimum atomic E-state index is 0. The number of hydrogen-bond acceptors (Lipinski definition) is 4. The Hall–Kier alpha value is -2.75. The van der Waals surface area contributed by atoms with E-state index in [-0.39, 0.29) is 24.0 Å². The number of methoxy groups -OCH3 is 2. The summed E-state index contributed by atoms with van der Waals surface area (Å²) < 4.78 is 12.7. The summed E-state index contributed by atoms with van der Waals surface area (Å²) in [5.41, 5.74) is 9.37. The number of nitrogens with zero attached hydrogens (tertiary/aromatic N) is 3. The van der Waals surface area contributed by atoms with E-state index in [0.717, 1.165) is 23.5 Å². The largest absolute Gasteiger partial charge is 0.493 e. The third-order valence-electron chi connectivity index (χ3n) is 4.62. The number of aliphatic imine (C=N–C) groups is 1. The van der Waals surface area contributed by atoms with Crippen LogP contribution in [0.15, 0.2) is 59.9 Å². The highest BCUT2D eigenvalue weighted by atomic mass is 127.